The van der Waals surface area contributed by atoms with E-state index in [1.54, 1.807) is 42.7 Å². The molecule has 2 N–H and O–H groups in total. The molecule has 9 heteroatoms. The number of aromatic nitrogens is 1. The van der Waals surface area contributed by atoms with Crippen molar-refractivity contribution < 1.29 is 18.4 Å². The second kappa shape index (κ2) is 9.10. The first-order valence-electron chi connectivity index (χ1n) is 8.97. The Kier molecular flexibility index (Phi) is 6.10. The van der Waals surface area contributed by atoms with Gasteiger partial charge in [0.15, 0.2) is 4.34 Å². The minimum Gasteiger partial charge on any atom is -0.467 e. The summed E-state index contributed by atoms with van der Waals surface area (Å²) >= 11 is 2.76. The van der Waals surface area contributed by atoms with Crippen LogP contribution < -0.4 is 10.6 Å². The highest BCUT2D eigenvalue weighted by molar-refractivity contribution is 8.01. The van der Waals surface area contributed by atoms with Crippen LogP contribution in [0.1, 0.15) is 16.1 Å². The van der Waals surface area contributed by atoms with Crippen molar-refractivity contribution >= 4 is 50.8 Å². The van der Waals surface area contributed by atoms with Crippen molar-refractivity contribution in [3.63, 3.8) is 0 Å². The summed E-state index contributed by atoms with van der Waals surface area (Å²) in [5, 5.41) is 5.49. The van der Waals surface area contributed by atoms with Crippen LogP contribution >= 0.6 is 23.1 Å². The fraction of sp³-hybridized carbons (Fsp3) is 0.0952. The number of halogens is 1. The molecule has 0 aliphatic rings. The van der Waals surface area contributed by atoms with E-state index in [4.69, 9.17) is 4.42 Å². The second-order valence-corrected chi connectivity index (χ2v) is 8.49. The molecule has 0 aliphatic heterocycles. The normalized spacial score (nSPS) is 10.8. The lowest BCUT2D eigenvalue weighted by atomic mass is 10.2. The van der Waals surface area contributed by atoms with Crippen LogP contribution in [-0.4, -0.2) is 22.6 Å². The van der Waals surface area contributed by atoms with Crippen molar-refractivity contribution in [3.05, 3.63) is 78.0 Å². The van der Waals surface area contributed by atoms with Gasteiger partial charge >= 0.3 is 0 Å². The molecule has 0 bridgehead atoms. The van der Waals surface area contributed by atoms with Crippen molar-refractivity contribution in [3.8, 4) is 0 Å². The topological polar surface area (TPSA) is 84.2 Å². The van der Waals surface area contributed by atoms with Crippen LogP contribution in [0.15, 0.2) is 69.6 Å². The zero-order valence-corrected chi connectivity index (χ0v) is 17.2. The summed E-state index contributed by atoms with van der Waals surface area (Å²) in [6.45, 7) is 0.345. The maximum atomic E-state index is 13.8. The molecule has 0 atom stereocenters. The molecular weight excluding hydrogens is 425 g/mol. The molecule has 4 aromatic rings. The van der Waals surface area contributed by atoms with E-state index in [0.717, 1.165) is 14.6 Å². The third-order valence-electron chi connectivity index (χ3n) is 4.11. The van der Waals surface area contributed by atoms with Gasteiger partial charge in [0.05, 0.1) is 34.3 Å². The number of nitrogens with zero attached hydrogens (tertiary/aromatic N) is 1. The van der Waals surface area contributed by atoms with Gasteiger partial charge in [0.1, 0.15) is 11.6 Å². The van der Waals surface area contributed by atoms with Crippen LogP contribution in [0.4, 0.5) is 10.1 Å². The predicted octanol–water partition coefficient (Wildman–Crippen LogP) is 4.69. The smallest absolute Gasteiger partial charge is 0.258 e. The molecule has 0 saturated heterocycles. The van der Waals surface area contributed by atoms with Gasteiger partial charge in [-0.3, -0.25) is 9.59 Å². The molecule has 0 spiro atoms. The molecule has 2 aromatic heterocycles. The van der Waals surface area contributed by atoms with Gasteiger partial charge in [-0.05, 0) is 42.5 Å². The number of rotatable bonds is 7. The minimum atomic E-state index is -0.571. The zero-order valence-electron chi connectivity index (χ0n) is 15.6. The quantitative estimate of drug-likeness (QED) is 0.407. The monoisotopic (exact) mass is 441 g/mol. The Morgan fingerprint density at radius 3 is 2.80 bits per heavy atom. The molecule has 30 heavy (non-hydrogen) atoms. The van der Waals surface area contributed by atoms with Crippen molar-refractivity contribution in [2.24, 2.45) is 0 Å². The summed E-state index contributed by atoms with van der Waals surface area (Å²) in [6.07, 6.45) is 1.56. The number of thioether (sulfide) groups is 1. The molecular formula is C21H16FN3O3S2. The standard InChI is InChI=1S/C21H16FN3O3S2/c22-16-6-2-1-5-15(16)20(27)24-13-7-8-17-18(10-13)30-21(25-17)29-12-19(26)23-11-14-4-3-9-28-14/h1-10H,11-12H2,(H,23,26)(H,24,27). The number of thiazole rings is 1. The van der Waals surface area contributed by atoms with Gasteiger partial charge in [-0.1, -0.05) is 23.9 Å². The van der Waals surface area contributed by atoms with E-state index in [0.29, 0.717) is 18.0 Å². The molecule has 0 fully saturated rings. The SMILES string of the molecule is O=C(CSc1nc2ccc(NC(=O)c3ccccc3F)cc2s1)NCc1ccco1. The molecule has 2 heterocycles. The average Bonchev–Trinajstić information content (AvgIpc) is 3.40. The summed E-state index contributed by atoms with van der Waals surface area (Å²) in [6, 6.07) is 14.7. The van der Waals surface area contributed by atoms with Gasteiger partial charge < -0.3 is 15.1 Å². The maximum absolute atomic E-state index is 13.8. The van der Waals surface area contributed by atoms with Gasteiger partial charge in [-0.25, -0.2) is 9.37 Å². The van der Waals surface area contributed by atoms with E-state index in [9.17, 15) is 14.0 Å². The molecule has 4 rings (SSSR count). The maximum Gasteiger partial charge on any atom is 0.258 e. The Hall–Kier alpha value is -3.17. The Morgan fingerprint density at radius 1 is 1.13 bits per heavy atom. The lowest BCUT2D eigenvalue weighted by Gasteiger charge is -2.05. The summed E-state index contributed by atoms with van der Waals surface area (Å²) < 4.78 is 20.6. The Bertz CT molecular complexity index is 1190. The number of hydrogen-bond acceptors (Lipinski definition) is 6. The number of fused-ring (bicyclic) bond motifs is 1. The van der Waals surface area contributed by atoms with E-state index in [1.807, 2.05) is 0 Å². The Balaban J connectivity index is 1.37. The number of anilines is 1. The second-order valence-electron chi connectivity index (χ2n) is 6.24. The fourth-order valence-electron chi connectivity index (χ4n) is 2.66. The highest BCUT2D eigenvalue weighted by atomic mass is 32.2. The summed E-state index contributed by atoms with van der Waals surface area (Å²) in [4.78, 5) is 28.8. The first kappa shape index (κ1) is 20.1. The van der Waals surface area contributed by atoms with Crippen LogP contribution in [-0.2, 0) is 11.3 Å². The Morgan fingerprint density at radius 2 is 2.00 bits per heavy atom. The lowest BCUT2D eigenvalue weighted by Crippen LogP contribution is -2.24. The molecule has 2 amide bonds. The van der Waals surface area contributed by atoms with Gasteiger partial charge in [0, 0.05) is 5.69 Å². The van der Waals surface area contributed by atoms with E-state index in [-0.39, 0.29) is 17.2 Å². The zero-order chi connectivity index (χ0) is 20.9. The van der Waals surface area contributed by atoms with Gasteiger partial charge in [-0.15, -0.1) is 11.3 Å². The van der Waals surface area contributed by atoms with E-state index >= 15 is 0 Å². The van der Waals surface area contributed by atoms with Gasteiger partial charge in [0.25, 0.3) is 5.91 Å². The van der Waals surface area contributed by atoms with Crippen LogP contribution in [0.5, 0.6) is 0 Å². The van der Waals surface area contributed by atoms with Gasteiger partial charge in [-0.2, -0.15) is 0 Å². The third-order valence-corrected chi connectivity index (χ3v) is 6.27. The fourth-order valence-corrected chi connectivity index (χ4v) is 4.60. The highest BCUT2D eigenvalue weighted by Crippen LogP contribution is 2.31. The van der Waals surface area contributed by atoms with Gasteiger partial charge in [0.2, 0.25) is 5.91 Å². The van der Waals surface area contributed by atoms with Crippen molar-refractivity contribution in [2.75, 3.05) is 11.1 Å². The third kappa shape index (κ3) is 4.87. The number of carbonyl (C=O) groups excluding carboxylic acids is 2. The van der Waals surface area contributed by atoms with E-state index in [1.165, 1.54) is 41.3 Å². The number of nitrogens with one attached hydrogen (secondary N) is 2. The molecule has 152 valence electrons. The van der Waals surface area contributed by atoms with Crippen molar-refractivity contribution in [2.45, 2.75) is 10.9 Å². The first-order valence-corrected chi connectivity index (χ1v) is 10.8. The molecule has 2 aromatic carbocycles. The first-order chi connectivity index (χ1) is 14.6. The average molecular weight is 442 g/mol. The number of carbonyl (C=O) groups is 2. The van der Waals surface area contributed by atoms with Crippen LogP contribution in [0.3, 0.4) is 0 Å². The minimum absolute atomic E-state index is 0.0151. The molecule has 6 nitrogen and oxygen atoms in total. The van der Waals surface area contributed by atoms with Crippen LogP contribution in [0, 0.1) is 5.82 Å². The largest absolute Gasteiger partial charge is 0.467 e. The van der Waals surface area contributed by atoms with E-state index < -0.39 is 11.7 Å². The van der Waals surface area contributed by atoms with E-state index in [2.05, 4.69) is 15.6 Å². The van der Waals surface area contributed by atoms with Crippen LogP contribution in [0.2, 0.25) is 0 Å². The molecule has 0 aliphatic carbocycles. The lowest BCUT2D eigenvalue weighted by molar-refractivity contribution is -0.118. The molecule has 0 saturated carbocycles. The van der Waals surface area contributed by atoms with Crippen molar-refractivity contribution in [1.82, 2.24) is 10.3 Å². The number of furan rings is 1. The van der Waals surface area contributed by atoms with Crippen molar-refractivity contribution in [1.29, 1.82) is 0 Å². The summed E-state index contributed by atoms with van der Waals surface area (Å²) in [5.41, 5.74) is 1.30. The summed E-state index contributed by atoms with van der Waals surface area (Å²) in [5.74, 6) is -0.276. The number of amides is 2. The number of hydrogen-bond donors (Lipinski definition) is 2. The molecule has 0 unspecified atom stereocenters. The predicted molar refractivity (Wildman–Crippen MR) is 115 cm³/mol. The summed E-state index contributed by atoms with van der Waals surface area (Å²) in [7, 11) is 0. The molecule has 0 radical (unpaired) electrons. The van der Waals surface area contributed by atoms with Crippen LogP contribution in [0.25, 0.3) is 10.2 Å². The number of benzene rings is 2. The Labute approximate surface area is 179 Å². The highest BCUT2D eigenvalue weighted by Gasteiger charge is 2.13.